The molecule has 0 saturated carbocycles. The molecule has 2 heterocycles. The number of aliphatic hydroxyl groups excluding tert-OH is 1. The minimum atomic E-state index is -0.370. The normalized spacial score (nSPS) is 24.3. The van der Waals surface area contributed by atoms with Gasteiger partial charge in [0.25, 0.3) is 0 Å². The van der Waals surface area contributed by atoms with Crippen molar-refractivity contribution in [3.05, 3.63) is 59.2 Å². The molecule has 1 aromatic heterocycles. The Hall–Kier alpha value is -2.28. The number of likely N-dealkylation sites (N-methyl/N-ethyl adjacent to an activating group) is 1. The summed E-state index contributed by atoms with van der Waals surface area (Å²) in [5.74, 6) is 0. The van der Waals surface area contributed by atoms with E-state index in [1.165, 1.54) is 11.1 Å². The molecule has 6 heteroatoms. The highest BCUT2D eigenvalue weighted by Gasteiger charge is 2.53. The van der Waals surface area contributed by atoms with Gasteiger partial charge in [0.05, 0.1) is 12.1 Å². The van der Waals surface area contributed by atoms with E-state index < -0.39 is 0 Å². The zero-order valence-corrected chi connectivity index (χ0v) is 16.4. The molecular formula is C22H26N4O2. The van der Waals surface area contributed by atoms with E-state index in [4.69, 9.17) is 4.63 Å². The molecule has 1 aliphatic carbocycles. The molecule has 28 heavy (non-hydrogen) atoms. The minimum absolute atomic E-state index is 0.0673. The Labute approximate surface area is 164 Å². The lowest BCUT2D eigenvalue weighted by atomic mass is 9.72. The predicted octanol–water partition coefficient (Wildman–Crippen LogP) is 2.73. The highest BCUT2D eigenvalue weighted by Crippen LogP contribution is 2.52. The van der Waals surface area contributed by atoms with E-state index in [1.807, 2.05) is 12.1 Å². The van der Waals surface area contributed by atoms with Gasteiger partial charge < -0.3 is 10.0 Å². The summed E-state index contributed by atoms with van der Waals surface area (Å²) in [5.41, 5.74) is 5.27. The first-order valence-electron chi connectivity index (χ1n) is 9.96. The molecule has 2 aliphatic rings. The maximum atomic E-state index is 11.4. The summed E-state index contributed by atoms with van der Waals surface area (Å²) in [7, 11) is 4.12. The number of hydrogen-bond donors (Lipinski definition) is 1. The molecule has 146 valence electrons. The number of aromatic nitrogens is 2. The number of rotatable bonds is 3. The van der Waals surface area contributed by atoms with Crippen LogP contribution in [0.4, 0.5) is 0 Å². The second-order valence-electron chi connectivity index (χ2n) is 8.42. The van der Waals surface area contributed by atoms with E-state index in [2.05, 4.69) is 64.5 Å². The first kappa shape index (κ1) is 17.8. The third-order valence-electron chi connectivity index (χ3n) is 6.75. The first-order chi connectivity index (χ1) is 13.6. The van der Waals surface area contributed by atoms with Gasteiger partial charge in [-0.15, -0.1) is 0 Å². The van der Waals surface area contributed by atoms with Crippen LogP contribution in [0, 0.1) is 0 Å². The highest BCUT2D eigenvalue weighted by atomic mass is 16.6. The van der Waals surface area contributed by atoms with Crippen molar-refractivity contribution in [2.45, 2.75) is 36.9 Å². The van der Waals surface area contributed by atoms with E-state index in [0.717, 1.165) is 49.1 Å². The molecule has 1 saturated heterocycles. The number of hydrogen-bond acceptors (Lipinski definition) is 6. The van der Waals surface area contributed by atoms with Gasteiger partial charge in [-0.1, -0.05) is 36.4 Å². The van der Waals surface area contributed by atoms with E-state index in [9.17, 15) is 5.11 Å². The third-order valence-corrected chi connectivity index (χ3v) is 6.75. The number of nitrogens with zero attached hydrogens (tertiary/aromatic N) is 4. The molecule has 5 rings (SSSR count). The second kappa shape index (κ2) is 6.65. The molecule has 0 amide bonds. The Morgan fingerprint density at radius 2 is 1.89 bits per heavy atom. The smallest absolute Gasteiger partial charge is 0.139 e. The van der Waals surface area contributed by atoms with Gasteiger partial charge in [0.2, 0.25) is 0 Å². The Bertz CT molecular complexity index is 991. The summed E-state index contributed by atoms with van der Waals surface area (Å²) in [4.78, 5) is 4.61. The molecule has 0 bridgehead atoms. The predicted molar refractivity (Wildman–Crippen MR) is 107 cm³/mol. The monoisotopic (exact) mass is 378 g/mol. The maximum Gasteiger partial charge on any atom is 0.139 e. The number of piperidine rings is 1. The van der Waals surface area contributed by atoms with Crippen molar-refractivity contribution in [1.82, 2.24) is 20.1 Å². The van der Waals surface area contributed by atoms with E-state index in [1.54, 1.807) is 0 Å². The van der Waals surface area contributed by atoms with Crippen LogP contribution in [-0.4, -0.2) is 58.5 Å². The molecule has 2 atom stereocenters. The molecule has 0 unspecified atom stereocenters. The van der Waals surface area contributed by atoms with Crippen LogP contribution in [-0.2, 0) is 12.0 Å². The van der Waals surface area contributed by atoms with Crippen molar-refractivity contribution in [2.24, 2.45) is 0 Å². The SMILES string of the molecule is CN(C)[C@@H]1c2ccccc2C2(CCN(Cc3cccc4nonc34)CC2)[C@H]1O. The van der Waals surface area contributed by atoms with E-state index in [-0.39, 0.29) is 17.6 Å². The summed E-state index contributed by atoms with van der Waals surface area (Å²) in [6, 6.07) is 14.7. The zero-order chi connectivity index (χ0) is 19.3. The van der Waals surface area contributed by atoms with Crippen LogP contribution in [0.2, 0.25) is 0 Å². The molecule has 3 aromatic rings. The third kappa shape index (κ3) is 2.59. The Morgan fingerprint density at radius 1 is 1.11 bits per heavy atom. The fourth-order valence-electron chi connectivity index (χ4n) is 5.31. The van der Waals surface area contributed by atoms with Crippen LogP contribution in [0.5, 0.6) is 0 Å². The average molecular weight is 378 g/mol. The molecule has 1 aliphatic heterocycles. The number of aliphatic hydroxyl groups is 1. The van der Waals surface area contributed by atoms with Crippen molar-refractivity contribution >= 4 is 11.0 Å². The van der Waals surface area contributed by atoms with Gasteiger partial charge in [0.15, 0.2) is 0 Å². The molecule has 2 aromatic carbocycles. The summed E-state index contributed by atoms with van der Waals surface area (Å²) < 4.78 is 4.90. The lowest BCUT2D eigenvalue weighted by molar-refractivity contribution is -0.00388. The highest BCUT2D eigenvalue weighted by molar-refractivity contribution is 5.76. The van der Waals surface area contributed by atoms with Crippen LogP contribution in [0.15, 0.2) is 47.1 Å². The van der Waals surface area contributed by atoms with Crippen LogP contribution < -0.4 is 0 Å². The molecular weight excluding hydrogens is 352 g/mol. The molecule has 6 nitrogen and oxygen atoms in total. The van der Waals surface area contributed by atoms with E-state index in [0.29, 0.717) is 0 Å². The maximum absolute atomic E-state index is 11.4. The van der Waals surface area contributed by atoms with Crippen molar-refractivity contribution < 1.29 is 9.74 Å². The van der Waals surface area contributed by atoms with Crippen molar-refractivity contribution in [1.29, 1.82) is 0 Å². The van der Waals surface area contributed by atoms with Gasteiger partial charge >= 0.3 is 0 Å². The van der Waals surface area contributed by atoms with Crippen LogP contribution >= 0.6 is 0 Å². The summed E-state index contributed by atoms with van der Waals surface area (Å²) in [5, 5.41) is 19.4. The zero-order valence-electron chi connectivity index (χ0n) is 16.4. The number of likely N-dealkylation sites (tertiary alicyclic amines) is 1. The van der Waals surface area contributed by atoms with Gasteiger partial charge in [-0.2, -0.15) is 0 Å². The molecule has 0 radical (unpaired) electrons. The van der Waals surface area contributed by atoms with Gasteiger partial charge in [0, 0.05) is 12.0 Å². The van der Waals surface area contributed by atoms with Gasteiger partial charge in [-0.05, 0) is 73.1 Å². The van der Waals surface area contributed by atoms with Crippen LogP contribution in [0.3, 0.4) is 0 Å². The fourth-order valence-corrected chi connectivity index (χ4v) is 5.31. The number of benzene rings is 2. The van der Waals surface area contributed by atoms with Gasteiger partial charge in [-0.3, -0.25) is 4.90 Å². The largest absolute Gasteiger partial charge is 0.390 e. The quantitative estimate of drug-likeness (QED) is 0.756. The number of fused-ring (bicyclic) bond motifs is 3. The summed E-state index contributed by atoms with van der Waals surface area (Å²) in [6.45, 7) is 2.73. The van der Waals surface area contributed by atoms with E-state index >= 15 is 0 Å². The van der Waals surface area contributed by atoms with Crippen molar-refractivity contribution in [2.75, 3.05) is 27.2 Å². The minimum Gasteiger partial charge on any atom is -0.390 e. The van der Waals surface area contributed by atoms with Crippen molar-refractivity contribution in [3.8, 4) is 0 Å². The van der Waals surface area contributed by atoms with Crippen molar-refractivity contribution in [3.63, 3.8) is 0 Å². The van der Waals surface area contributed by atoms with Gasteiger partial charge in [-0.25, -0.2) is 4.63 Å². The Morgan fingerprint density at radius 3 is 2.68 bits per heavy atom. The molecule has 1 N–H and O–H groups in total. The standard InChI is InChI=1S/C22H26N4O2/c1-25(2)20-16-7-3-4-8-17(16)22(21(20)27)10-12-26(13-11-22)14-15-6-5-9-18-19(15)24-28-23-18/h3-9,20-21,27H,10-14H2,1-2H3/t20-,21+/m1/s1. The lowest BCUT2D eigenvalue weighted by Crippen LogP contribution is -2.49. The molecule has 1 fully saturated rings. The fraction of sp³-hybridized carbons (Fsp3) is 0.455. The molecule has 1 spiro atoms. The Kier molecular flexibility index (Phi) is 4.23. The van der Waals surface area contributed by atoms with Crippen LogP contribution in [0.25, 0.3) is 11.0 Å². The summed E-state index contributed by atoms with van der Waals surface area (Å²) in [6.07, 6.45) is 1.55. The topological polar surface area (TPSA) is 65.6 Å². The van der Waals surface area contributed by atoms with Crippen LogP contribution in [0.1, 0.15) is 35.6 Å². The lowest BCUT2D eigenvalue weighted by Gasteiger charge is -2.43. The Balaban J connectivity index is 1.39. The average Bonchev–Trinajstić information content (AvgIpc) is 3.27. The first-order valence-corrected chi connectivity index (χ1v) is 9.96. The second-order valence-corrected chi connectivity index (χ2v) is 8.42. The van der Waals surface area contributed by atoms with Gasteiger partial charge in [0.1, 0.15) is 11.0 Å². The summed E-state index contributed by atoms with van der Waals surface area (Å²) >= 11 is 0.